The van der Waals surface area contributed by atoms with Crippen LogP contribution in [0.15, 0.2) is 69.6 Å². The van der Waals surface area contributed by atoms with Crippen LogP contribution >= 0.6 is 15.9 Å². The van der Waals surface area contributed by atoms with Crippen LogP contribution in [0.2, 0.25) is 0 Å². The summed E-state index contributed by atoms with van der Waals surface area (Å²) in [7, 11) is 0. The van der Waals surface area contributed by atoms with Crippen molar-refractivity contribution in [3.8, 4) is 11.8 Å². The Morgan fingerprint density at radius 2 is 1.95 bits per heavy atom. The van der Waals surface area contributed by atoms with Crippen LogP contribution in [0.3, 0.4) is 0 Å². The van der Waals surface area contributed by atoms with Gasteiger partial charge in [-0.1, -0.05) is 24.8 Å². The van der Waals surface area contributed by atoms with Gasteiger partial charge in [0.2, 0.25) is 0 Å². The van der Waals surface area contributed by atoms with E-state index in [4.69, 9.17) is 10.00 Å². The summed E-state index contributed by atoms with van der Waals surface area (Å²) in [6.45, 7) is 3.93. The van der Waals surface area contributed by atoms with Gasteiger partial charge >= 0.3 is 0 Å². The number of halogens is 1. The van der Waals surface area contributed by atoms with E-state index in [0.29, 0.717) is 23.6 Å². The summed E-state index contributed by atoms with van der Waals surface area (Å²) in [5.41, 5.74) is 1.78. The molecule has 0 aromatic heterocycles. The van der Waals surface area contributed by atoms with Gasteiger partial charge in [0, 0.05) is 10.5 Å². The van der Waals surface area contributed by atoms with Gasteiger partial charge < -0.3 is 4.74 Å². The van der Waals surface area contributed by atoms with Crippen molar-refractivity contribution in [2.24, 2.45) is 9.98 Å². The van der Waals surface area contributed by atoms with E-state index in [1.54, 1.807) is 24.3 Å². The average molecular weight is 354 g/mol. The fraction of sp³-hybridized carbons (Fsp3) is 0.0588. The molecule has 2 rings (SSSR count). The van der Waals surface area contributed by atoms with Crippen LogP contribution in [0.5, 0.6) is 5.75 Å². The first kappa shape index (κ1) is 15.7. The quantitative estimate of drug-likeness (QED) is 0.559. The minimum Gasteiger partial charge on any atom is -0.487 e. The number of para-hydroxylation sites is 1. The normalized spacial score (nSPS) is 9.27. The molecule has 0 radical (unpaired) electrons. The molecule has 0 atom stereocenters. The maximum Gasteiger partial charge on any atom is 0.147 e. The van der Waals surface area contributed by atoms with Gasteiger partial charge in [0.1, 0.15) is 24.1 Å². The summed E-state index contributed by atoms with van der Waals surface area (Å²) in [5.74, 6) is 0.494. The van der Waals surface area contributed by atoms with Crippen LogP contribution in [-0.2, 0) is 0 Å². The summed E-state index contributed by atoms with van der Waals surface area (Å²) >= 11 is 3.40. The van der Waals surface area contributed by atoms with Crippen LogP contribution in [-0.4, -0.2) is 12.6 Å². The Hall–Kier alpha value is -2.67. The van der Waals surface area contributed by atoms with Crippen LogP contribution in [0.4, 0.5) is 11.4 Å². The zero-order valence-corrected chi connectivity index (χ0v) is 13.2. The van der Waals surface area contributed by atoms with Crippen LogP contribution in [0.25, 0.3) is 0 Å². The minimum absolute atomic E-state index is 0.332. The number of aliphatic imine (C=N–C) groups is 2. The van der Waals surface area contributed by atoms with E-state index in [1.165, 1.54) is 0 Å². The van der Waals surface area contributed by atoms with Gasteiger partial charge in [-0.25, -0.2) is 0 Å². The molecule has 0 saturated heterocycles. The summed E-state index contributed by atoms with van der Waals surface area (Å²) in [6.07, 6.45) is 1.63. The lowest BCUT2D eigenvalue weighted by atomic mass is 10.2. The molecule has 108 valence electrons. The molecule has 0 amide bonds. The molecule has 0 unspecified atom stereocenters. The highest BCUT2D eigenvalue weighted by Gasteiger charge is 2.03. The van der Waals surface area contributed by atoms with Gasteiger partial charge in [0.05, 0.1) is 17.3 Å². The zero-order chi connectivity index (χ0) is 15.8. The predicted octanol–water partition coefficient (Wildman–Crippen LogP) is 5.02. The number of nitrogens with zero attached hydrogens (tertiary/aromatic N) is 3. The second kappa shape index (κ2) is 7.94. The predicted molar refractivity (Wildman–Crippen MR) is 90.2 cm³/mol. The summed E-state index contributed by atoms with van der Waals surface area (Å²) in [5, 5.41) is 8.94. The molecule has 0 aliphatic rings. The van der Waals surface area contributed by atoms with E-state index < -0.39 is 0 Å². The summed E-state index contributed by atoms with van der Waals surface area (Å²) in [6, 6.07) is 17.2. The van der Waals surface area contributed by atoms with E-state index in [1.807, 2.05) is 24.3 Å². The van der Waals surface area contributed by atoms with E-state index in [2.05, 4.69) is 44.6 Å². The summed E-state index contributed by atoms with van der Waals surface area (Å²) < 4.78 is 6.36. The Bertz CT molecular complexity index is 787. The number of rotatable bonds is 5. The van der Waals surface area contributed by atoms with Crippen molar-refractivity contribution < 1.29 is 4.74 Å². The van der Waals surface area contributed by atoms with Crippen molar-refractivity contribution in [3.63, 3.8) is 0 Å². The molecule has 0 aliphatic carbocycles. The molecule has 0 saturated carbocycles. The van der Waals surface area contributed by atoms with Crippen molar-refractivity contribution in [2.45, 2.75) is 0 Å². The molecule has 0 N–H and O–H groups in total. The number of ether oxygens (including phenoxy) is 1. The standard InChI is InChI=1S/C17H12BrN3O/c1-2-9-22-17-10-13(11-19)7-8-16(17)21-12-20-15-6-4-3-5-14(15)18/h2-8,10H,1,9H2. The largest absolute Gasteiger partial charge is 0.487 e. The fourth-order valence-corrected chi connectivity index (χ4v) is 1.99. The average Bonchev–Trinajstić information content (AvgIpc) is 2.55. The monoisotopic (exact) mass is 353 g/mol. The lowest BCUT2D eigenvalue weighted by Gasteiger charge is -2.05. The molecule has 5 heteroatoms. The highest BCUT2D eigenvalue weighted by atomic mass is 79.9. The SMILES string of the molecule is C=CCOc1cc(C#N)ccc1N=C=Nc1ccccc1Br. The Kier molecular flexibility index (Phi) is 5.67. The van der Waals surface area contributed by atoms with Gasteiger partial charge in [0.25, 0.3) is 0 Å². The van der Waals surface area contributed by atoms with E-state index in [0.717, 1.165) is 10.2 Å². The third kappa shape index (κ3) is 4.16. The van der Waals surface area contributed by atoms with Gasteiger partial charge in [-0.3, -0.25) is 0 Å². The highest BCUT2D eigenvalue weighted by molar-refractivity contribution is 9.10. The topological polar surface area (TPSA) is 57.7 Å². The van der Waals surface area contributed by atoms with Crippen molar-refractivity contribution in [1.29, 1.82) is 5.26 Å². The van der Waals surface area contributed by atoms with Crippen molar-refractivity contribution in [3.05, 3.63) is 65.2 Å². The van der Waals surface area contributed by atoms with Crippen molar-refractivity contribution in [2.75, 3.05) is 6.61 Å². The van der Waals surface area contributed by atoms with Crippen LogP contribution in [0, 0.1) is 11.3 Å². The molecular formula is C17H12BrN3O. The molecule has 0 bridgehead atoms. The molecule has 0 aliphatic heterocycles. The minimum atomic E-state index is 0.332. The number of hydrogen-bond acceptors (Lipinski definition) is 4. The Morgan fingerprint density at radius 3 is 2.68 bits per heavy atom. The molecule has 2 aromatic rings. The van der Waals surface area contributed by atoms with Crippen molar-refractivity contribution in [1.82, 2.24) is 0 Å². The fourth-order valence-electron chi connectivity index (χ4n) is 1.62. The summed E-state index contributed by atoms with van der Waals surface area (Å²) in [4.78, 5) is 8.33. The molecule has 4 nitrogen and oxygen atoms in total. The zero-order valence-electron chi connectivity index (χ0n) is 11.7. The van der Waals surface area contributed by atoms with Gasteiger partial charge in [0.15, 0.2) is 0 Å². The lowest BCUT2D eigenvalue weighted by Crippen LogP contribution is -1.93. The Balaban J connectivity index is 2.32. The number of hydrogen-bond donors (Lipinski definition) is 0. The Morgan fingerprint density at radius 1 is 1.18 bits per heavy atom. The first-order valence-corrected chi connectivity index (χ1v) is 7.22. The molecule has 22 heavy (non-hydrogen) atoms. The molecule has 2 aromatic carbocycles. The second-order valence-corrected chi connectivity index (χ2v) is 5.02. The van der Waals surface area contributed by atoms with Crippen LogP contribution < -0.4 is 4.74 Å². The maximum atomic E-state index is 8.94. The molecular weight excluding hydrogens is 342 g/mol. The van der Waals surface area contributed by atoms with Gasteiger partial charge in [-0.2, -0.15) is 15.2 Å². The van der Waals surface area contributed by atoms with Gasteiger partial charge in [-0.15, -0.1) is 0 Å². The second-order valence-electron chi connectivity index (χ2n) is 4.17. The third-order valence-corrected chi connectivity index (χ3v) is 3.31. The smallest absolute Gasteiger partial charge is 0.147 e. The first-order valence-electron chi connectivity index (χ1n) is 6.43. The first-order chi connectivity index (χ1) is 10.7. The van der Waals surface area contributed by atoms with Crippen molar-refractivity contribution >= 4 is 33.3 Å². The highest BCUT2D eigenvalue weighted by Crippen LogP contribution is 2.28. The van der Waals surface area contributed by atoms with Crippen LogP contribution in [0.1, 0.15) is 5.56 Å². The van der Waals surface area contributed by atoms with E-state index in [9.17, 15) is 0 Å². The van der Waals surface area contributed by atoms with E-state index in [-0.39, 0.29) is 0 Å². The molecule has 0 fully saturated rings. The third-order valence-electron chi connectivity index (χ3n) is 2.64. The number of benzene rings is 2. The van der Waals surface area contributed by atoms with E-state index >= 15 is 0 Å². The van der Waals surface area contributed by atoms with Gasteiger partial charge in [-0.05, 0) is 40.2 Å². The Labute approximate surface area is 137 Å². The molecule has 0 spiro atoms. The number of nitriles is 1. The maximum absolute atomic E-state index is 8.94. The molecule has 0 heterocycles. The lowest BCUT2D eigenvalue weighted by molar-refractivity contribution is 0.364.